The first kappa shape index (κ1) is 21.9. The van der Waals surface area contributed by atoms with E-state index in [2.05, 4.69) is 4.72 Å². The van der Waals surface area contributed by atoms with Crippen molar-refractivity contribution < 1.29 is 17.9 Å². The summed E-state index contributed by atoms with van der Waals surface area (Å²) in [6.07, 6.45) is 0. The van der Waals surface area contributed by atoms with Crippen LogP contribution in [-0.4, -0.2) is 39.4 Å². The molecule has 6 nitrogen and oxygen atoms in total. The first-order chi connectivity index (χ1) is 15.4. The van der Waals surface area contributed by atoms with E-state index in [0.29, 0.717) is 13.2 Å². The van der Waals surface area contributed by atoms with Crippen molar-refractivity contribution in [1.29, 1.82) is 0 Å². The van der Waals surface area contributed by atoms with E-state index in [4.69, 9.17) is 4.74 Å². The lowest BCUT2D eigenvalue weighted by Gasteiger charge is -2.20. The van der Waals surface area contributed by atoms with Crippen molar-refractivity contribution in [2.24, 2.45) is 0 Å². The van der Waals surface area contributed by atoms with Gasteiger partial charge in [-0.15, -0.1) is 11.3 Å². The van der Waals surface area contributed by atoms with Gasteiger partial charge in [0.2, 0.25) is 0 Å². The molecule has 0 saturated carbocycles. The molecule has 32 heavy (non-hydrogen) atoms. The first-order valence-electron chi connectivity index (χ1n) is 9.96. The molecule has 4 aromatic rings. The molecule has 0 spiro atoms. The van der Waals surface area contributed by atoms with E-state index in [9.17, 15) is 13.2 Å². The van der Waals surface area contributed by atoms with Gasteiger partial charge in [-0.25, -0.2) is 8.42 Å². The van der Waals surface area contributed by atoms with Gasteiger partial charge in [0.1, 0.15) is 16.6 Å². The predicted molar refractivity (Wildman–Crippen MR) is 128 cm³/mol. The highest BCUT2D eigenvalue weighted by molar-refractivity contribution is 7.94. The number of anilines is 1. The summed E-state index contributed by atoms with van der Waals surface area (Å²) in [5.41, 5.74) is 0.531. The number of amides is 1. The second-order valence-electron chi connectivity index (χ2n) is 7.17. The van der Waals surface area contributed by atoms with Gasteiger partial charge in [0.25, 0.3) is 15.9 Å². The Hall–Kier alpha value is -3.36. The van der Waals surface area contributed by atoms with Gasteiger partial charge in [0, 0.05) is 7.05 Å². The van der Waals surface area contributed by atoms with Crippen molar-refractivity contribution in [3.8, 4) is 5.75 Å². The van der Waals surface area contributed by atoms with Crippen molar-refractivity contribution >= 4 is 43.7 Å². The minimum absolute atomic E-state index is 0.189. The predicted octanol–water partition coefficient (Wildman–Crippen LogP) is 4.85. The van der Waals surface area contributed by atoms with Crippen molar-refractivity contribution in [1.82, 2.24) is 4.90 Å². The van der Waals surface area contributed by atoms with Gasteiger partial charge in [-0.1, -0.05) is 48.5 Å². The SMILES string of the molecule is CN(CCOc1ccccc1)C(=O)c1cc2ccccc2cc1NS(=O)(=O)c1cccs1. The van der Waals surface area contributed by atoms with Gasteiger partial charge in [-0.05, 0) is 46.5 Å². The van der Waals surface area contributed by atoms with Crippen LogP contribution in [0.2, 0.25) is 0 Å². The number of para-hydroxylation sites is 1. The van der Waals surface area contributed by atoms with E-state index in [1.807, 2.05) is 54.6 Å². The minimum atomic E-state index is -3.80. The van der Waals surface area contributed by atoms with Crippen LogP contribution in [0.15, 0.2) is 88.5 Å². The number of hydrogen-bond donors (Lipinski definition) is 1. The summed E-state index contributed by atoms with van der Waals surface area (Å²) >= 11 is 1.12. The third-order valence-corrected chi connectivity index (χ3v) is 7.67. The number of benzene rings is 3. The Kier molecular flexibility index (Phi) is 6.43. The number of thiophene rings is 1. The molecule has 0 aliphatic carbocycles. The zero-order valence-corrected chi connectivity index (χ0v) is 19.0. The Labute approximate surface area is 191 Å². The molecule has 0 aliphatic heterocycles. The number of nitrogens with one attached hydrogen (secondary N) is 1. The Morgan fingerprint density at radius 3 is 2.34 bits per heavy atom. The Morgan fingerprint density at radius 2 is 1.66 bits per heavy atom. The molecule has 1 N–H and O–H groups in total. The zero-order chi connectivity index (χ0) is 22.6. The standard InChI is InChI=1S/C24H22N2O4S2/c1-26(13-14-30-20-10-3-2-4-11-20)24(27)21-16-18-8-5-6-9-19(18)17-22(21)25-32(28,29)23-12-7-15-31-23/h2-12,15-17,25H,13-14H2,1H3. The van der Waals surface area contributed by atoms with Gasteiger partial charge in [0.15, 0.2) is 0 Å². The number of nitrogens with zero attached hydrogens (tertiary/aromatic N) is 1. The molecule has 1 amide bonds. The van der Waals surface area contributed by atoms with Crippen LogP contribution in [0.1, 0.15) is 10.4 Å². The smallest absolute Gasteiger partial charge is 0.271 e. The number of carbonyl (C=O) groups is 1. The van der Waals surface area contributed by atoms with Gasteiger partial charge in [0.05, 0.1) is 17.8 Å². The highest BCUT2D eigenvalue weighted by Gasteiger charge is 2.22. The molecule has 0 aliphatic rings. The molecular formula is C24H22N2O4S2. The van der Waals surface area contributed by atoms with Crippen LogP contribution in [0.5, 0.6) is 5.75 Å². The Morgan fingerprint density at radius 1 is 0.969 bits per heavy atom. The number of fused-ring (bicyclic) bond motifs is 1. The maximum atomic E-state index is 13.3. The quantitative estimate of drug-likeness (QED) is 0.403. The third-order valence-electron chi connectivity index (χ3n) is 4.91. The summed E-state index contributed by atoms with van der Waals surface area (Å²) < 4.78 is 34.1. The molecule has 0 bridgehead atoms. The molecule has 0 fully saturated rings. The van der Waals surface area contributed by atoms with Gasteiger partial charge in [-0.3, -0.25) is 9.52 Å². The van der Waals surface area contributed by atoms with Crippen LogP contribution in [-0.2, 0) is 10.0 Å². The van der Waals surface area contributed by atoms with Crippen molar-refractivity contribution in [2.45, 2.75) is 4.21 Å². The summed E-state index contributed by atoms with van der Waals surface area (Å²) in [5, 5.41) is 3.38. The number of likely N-dealkylation sites (N-methyl/N-ethyl adjacent to an activating group) is 1. The van der Waals surface area contributed by atoms with Crippen LogP contribution in [0, 0.1) is 0 Å². The molecule has 4 rings (SSSR count). The molecular weight excluding hydrogens is 444 g/mol. The number of hydrogen-bond acceptors (Lipinski definition) is 5. The van der Waals surface area contributed by atoms with Crippen molar-refractivity contribution in [3.05, 3.63) is 89.8 Å². The number of rotatable bonds is 8. The van der Waals surface area contributed by atoms with Crippen LogP contribution in [0.25, 0.3) is 10.8 Å². The van der Waals surface area contributed by atoms with E-state index < -0.39 is 10.0 Å². The fraction of sp³-hybridized carbons (Fsp3) is 0.125. The largest absolute Gasteiger partial charge is 0.492 e. The molecule has 0 unspecified atom stereocenters. The number of ether oxygens (including phenoxy) is 1. The second-order valence-corrected chi connectivity index (χ2v) is 10.0. The monoisotopic (exact) mass is 466 g/mol. The number of sulfonamides is 1. The fourth-order valence-electron chi connectivity index (χ4n) is 3.24. The third kappa shape index (κ3) is 4.92. The average Bonchev–Trinajstić information content (AvgIpc) is 3.35. The van der Waals surface area contributed by atoms with Crippen molar-refractivity contribution in [3.63, 3.8) is 0 Å². The lowest BCUT2D eigenvalue weighted by atomic mass is 10.0. The van der Waals surface area contributed by atoms with Gasteiger partial charge in [-0.2, -0.15) is 0 Å². The minimum Gasteiger partial charge on any atom is -0.492 e. The highest BCUT2D eigenvalue weighted by atomic mass is 32.2. The first-order valence-corrected chi connectivity index (χ1v) is 12.3. The van der Waals surface area contributed by atoms with Gasteiger partial charge < -0.3 is 9.64 Å². The number of carbonyl (C=O) groups excluding carboxylic acids is 1. The maximum absolute atomic E-state index is 13.3. The Balaban J connectivity index is 1.59. The lowest BCUT2D eigenvalue weighted by Crippen LogP contribution is -2.31. The van der Waals surface area contributed by atoms with E-state index in [1.165, 1.54) is 11.0 Å². The second kappa shape index (κ2) is 9.42. The van der Waals surface area contributed by atoms with Crippen LogP contribution < -0.4 is 9.46 Å². The van der Waals surface area contributed by atoms with Crippen molar-refractivity contribution in [2.75, 3.05) is 24.9 Å². The zero-order valence-electron chi connectivity index (χ0n) is 17.4. The molecule has 0 saturated heterocycles. The average molecular weight is 467 g/mol. The van der Waals surface area contributed by atoms with Gasteiger partial charge >= 0.3 is 0 Å². The summed E-state index contributed by atoms with van der Waals surface area (Å²) in [7, 11) is -2.13. The molecule has 8 heteroatoms. The van der Waals surface area contributed by atoms with E-state index in [1.54, 1.807) is 30.6 Å². The van der Waals surface area contributed by atoms with Crippen LogP contribution in [0.4, 0.5) is 5.69 Å². The normalized spacial score (nSPS) is 11.3. The van der Waals surface area contributed by atoms with E-state index in [-0.39, 0.29) is 21.4 Å². The fourth-order valence-corrected chi connectivity index (χ4v) is 5.30. The van der Waals surface area contributed by atoms with E-state index >= 15 is 0 Å². The Bertz CT molecular complexity index is 1320. The summed E-state index contributed by atoms with van der Waals surface area (Å²) in [6.45, 7) is 0.660. The van der Waals surface area contributed by atoms with Crippen LogP contribution in [0.3, 0.4) is 0 Å². The molecule has 1 heterocycles. The molecule has 0 atom stereocenters. The summed E-state index contributed by atoms with van der Waals surface area (Å²) in [5.74, 6) is 0.430. The topological polar surface area (TPSA) is 75.7 Å². The molecule has 1 aromatic heterocycles. The summed E-state index contributed by atoms with van der Waals surface area (Å²) in [4.78, 5) is 14.8. The van der Waals surface area contributed by atoms with E-state index in [0.717, 1.165) is 27.9 Å². The maximum Gasteiger partial charge on any atom is 0.271 e. The lowest BCUT2D eigenvalue weighted by molar-refractivity contribution is 0.0775. The molecule has 3 aromatic carbocycles. The van der Waals surface area contributed by atoms with Crippen LogP contribution >= 0.6 is 11.3 Å². The highest BCUT2D eigenvalue weighted by Crippen LogP contribution is 2.28. The molecule has 0 radical (unpaired) electrons. The molecule has 164 valence electrons. The summed E-state index contributed by atoms with van der Waals surface area (Å²) in [6, 6.07) is 23.5.